The molecule has 0 aliphatic heterocycles. The zero-order valence-electron chi connectivity index (χ0n) is 10.6. The Hall–Kier alpha value is -0.650. The summed E-state index contributed by atoms with van der Waals surface area (Å²) in [7, 11) is -3.71. The molecule has 1 aromatic carbocycles. The Morgan fingerprint density at radius 1 is 1.39 bits per heavy atom. The highest BCUT2D eigenvalue weighted by atomic mass is 35.5. The third-order valence-electron chi connectivity index (χ3n) is 2.54. The second-order valence-corrected chi connectivity index (χ2v) is 7.03. The van der Waals surface area contributed by atoms with Gasteiger partial charge in [-0.25, -0.2) is 17.5 Å². The molecular weight excluding hydrogens is 277 g/mol. The van der Waals surface area contributed by atoms with Crippen molar-refractivity contribution in [3.8, 4) is 0 Å². The van der Waals surface area contributed by atoms with Gasteiger partial charge in [0.1, 0.15) is 5.82 Å². The summed E-state index contributed by atoms with van der Waals surface area (Å²) in [5.41, 5.74) is 0.156. The average molecular weight is 294 g/mol. The monoisotopic (exact) mass is 293 g/mol. The first-order valence-electron chi connectivity index (χ1n) is 5.50. The molecule has 1 aromatic rings. The van der Waals surface area contributed by atoms with E-state index in [1.807, 2.05) is 13.8 Å². The third kappa shape index (κ3) is 3.93. The maximum absolute atomic E-state index is 13.1. The lowest BCUT2D eigenvalue weighted by Gasteiger charge is -2.21. The van der Waals surface area contributed by atoms with Crippen molar-refractivity contribution in [2.24, 2.45) is 5.41 Å². The molecule has 18 heavy (non-hydrogen) atoms. The predicted octanol–water partition coefficient (Wildman–Crippen LogP) is 2.68. The Bertz CT molecular complexity index is 529. The van der Waals surface area contributed by atoms with E-state index in [0.717, 1.165) is 6.07 Å². The van der Waals surface area contributed by atoms with Gasteiger partial charge in [0, 0.05) is 12.4 Å². The number of alkyl halides is 1. The normalized spacial score (nSPS) is 12.7. The highest BCUT2D eigenvalue weighted by Crippen LogP contribution is 2.19. The van der Waals surface area contributed by atoms with Gasteiger partial charge < -0.3 is 0 Å². The molecule has 0 amide bonds. The summed E-state index contributed by atoms with van der Waals surface area (Å²) >= 11 is 5.73. The highest BCUT2D eigenvalue weighted by molar-refractivity contribution is 7.89. The minimum Gasteiger partial charge on any atom is -0.211 e. The van der Waals surface area contributed by atoms with E-state index < -0.39 is 15.8 Å². The average Bonchev–Trinajstić information content (AvgIpc) is 2.30. The van der Waals surface area contributed by atoms with Crippen LogP contribution in [0.2, 0.25) is 0 Å². The SMILES string of the molecule is Cc1ccc(F)cc1S(=O)(=O)NCC(C)(C)CCl. The molecule has 0 atom stereocenters. The molecule has 0 heterocycles. The van der Waals surface area contributed by atoms with Crippen LogP contribution in [-0.4, -0.2) is 20.8 Å². The van der Waals surface area contributed by atoms with Gasteiger partial charge in [0.2, 0.25) is 10.0 Å². The van der Waals surface area contributed by atoms with Crippen molar-refractivity contribution < 1.29 is 12.8 Å². The topological polar surface area (TPSA) is 46.2 Å². The molecule has 102 valence electrons. The fraction of sp³-hybridized carbons (Fsp3) is 0.500. The molecule has 0 aromatic heterocycles. The van der Waals surface area contributed by atoms with Crippen molar-refractivity contribution in [3.63, 3.8) is 0 Å². The Balaban J connectivity index is 2.97. The number of sulfonamides is 1. The van der Waals surface area contributed by atoms with E-state index in [1.165, 1.54) is 12.1 Å². The summed E-state index contributed by atoms with van der Waals surface area (Å²) < 4.78 is 39.7. The molecule has 0 saturated heterocycles. The number of benzene rings is 1. The molecule has 0 radical (unpaired) electrons. The van der Waals surface area contributed by atoms with E-state index in [0.29, 0.717) is 11.4 Å². The zero-order chi connectivity index (χ0) is 14.0. The second kappa shape index (κ2) is 5.55. The number of rotatable bonds is 5. The predicted molar refractivity (Wildman–Crippen MR) is 70.8 cm³/mol. The Kier molecular flexibility index (Phi) is 4.75. The Morgan fingerprint density at radius 2 is 2.00 bits per heavy atom. The van der Waals surface area contributed by atoms with Gasteiger partial charge in [-0.1, -0.05) is 19.9 Å². The zero-order valence-corrected chi connectivity index (χ0v) is 12.2. The van der Waals surface area contributed by atoms with Crippen LogP contribution in [0.15, 0.2) is 23.1 Å². The van der Waals surface area contributed by atoms with Crippen LogP contribution in [0, 0.1) is 18.2 Å². The van der Waals surface area contributed by atoms with Crippen molar-refractivity contribution in [2.45, 2.75) is 25.7 Å². The first kappa shape index (κ1) is 15.4. The van der Waals surface area contributed by atoms with E-state index in [1.54, 1.807) is 6.92 Å². The molecule has 0 aliphatic rings. The van der Waals surface area contributed by atoms with Crippen LogP contribution in [0.3, 0.4) is 0 Å². The molecule has 0 spiro atoms. The maximum Gasteiger partial charge on any atom is 0.240 e. The summed E-state index contributed by atoms with van der Waals surface area (Å²) in [6.07, 6.45) is 0. The van der Waals surface area contributed by atoms with Gasteiger partial charge in [0.25, 0.3) is 0 Å². The van der Waals surface area contributed by atoms with Crippen molar-refractivity contribution in [3.05, 3.63) is 29.6 Å². The molecule has 3 nitrogen and oxygen atoms in total. The van der Waals surface area contributed by atoms with Crippen molar-refractivity contribution in [1.82, 2.24) is 4.72 Å². The Labute approximate surface area is 112 Å². The van der Waals surface area contributed by atoms with Gasteiger partial charge in [0.05, 0.1) is 4.90 Å². The lowest BCUT2D eigenvalue weighted by atomic mass is 9.97. The van der Waals surface area contributed by atoms with E-state index in [-0.39, 0.29) is 16.9 Å². The van der Waals surface area contributed by atoms with Crippen LogP contribution in [0.25, 0.3) is 0 Å². The van der Waals surface area contributed by atoms with Crippen LogP contribution in [0.4, 0.5) is 4.39 Å². The lowest BCUT2D eigenvalue weighted by Crippen LogP contribution is -2.35. The van der Waals surface area contributed by atoms with E-state index in [2.05, 4.69) is 4.72 Å². The summed E-state index contributed by atoms with van der Waals surface area (Å²) in [6.45, 7) is 5.53. The number of hydrogen-bond acceptors (Lipinski definition) is 2. The fourth-order valence-corrected chi connectivity index (χ4v) is 2.87. The summed E-state index contributed by atoms with van der Waals surface area (Å²) in [5.74, 6) is -0.241. The molecule has 0 fully saturated rings. The van der Waals surface area contributed by atoms with Gasteiger partial charge in [-0.15, -0.1) is 11.6 Å². The molecule has 1 rings (SSSR count). The van der Waals surface area contributed by atoms with Gasteiger partial charge in [-0.05, 0) is 30.0 Å². The van der Waals surface area contributed by atoms with Crippen LogP contribution >= 0.6 is 11.6 Å². The maximum atomic E-state index is 13.1. The molecule has 1 N–H and O–H groups in total. The molecular formula is C12H17ClFNO2S. The quantitative estimate of drug-likeness (QED) is 0.849. The minimum atomic E-state index is -3.71. The fourth-order valence-electron chi connectivity index (χ4n) is 1.28. The van der Waals surface area contributed by atoms with Crippen LogP contribution in [-0.2, 0) is 10.0 Å². The van der Waals surface area contributed by atoms with Crippen LogP contribution in [0.5, 0.6) is 0 Å². The third-order valence-corrected chi connectivity index (χ3v) is 4.81. The van der Waals surface area contributed by atoms with Gasteiger partial charge in [0.15, 0.2) is 0 Å². The van der Waals surface area contributed by atoms with Crippen molar-refractivity contribution >= 4 is 21.6 Å². The first-order valence-corrected chi connectivity index (χ1v) is 7.51. The minimum absolute atomic E-state index is 0.0344. The first-order chi connectivity index (χ1) is 8.18. The molecule has 0 saturated carbocycles. The van der Waals surface area contributed by atoms with E-state index in [9.17, 15) is 12.8 Å². The number of nitrogens with one attached hydrogen (secondary N) is 1. The smallest absolute Gasteiger partial charge is 0.211 e. The standard InChI is InChI=1S/C12H17ClFNO2S/c1-9-4-5-10(14)6-11(9)18(16,17)15-8-12(2,3)7-13/h4-6,15H,7-8H2,1-3H3. The number of hydrogen-bond donors (Lipinski definition) is 1. The van der Waals surface area contributed by atoms with Crippen molar-refractivity contribution in [1.29, 1.82) is 0 Å². The summed E-state index contributed by atoms with van der Waals surface area (Å²) in [6, 6.07) is 3.69. The lowest BCUT2D eigenvalue weighted by molar-refractivity contribution is 0.414. The Morgan fingerprint density at radius 3 is 2.56 bits per heavy atom. The number of halogens is 2. The van der Waals surface area contributed by atoms with Crippen molar-refractivity contribution in [2.75, 3.05) is 12.4 Å². The number of aryl methyl sites for hydroxylation is 1. The van der Waals surface area contributed by atoms with Crippen LogP contribution < -0.4 is 4.72 Å². The molecule has 0 unspecified atom stereocenters. The highest BCUT2D eigenvalue weighted by Gasteiger charge is 2.23. The van der Waals surface area contributed by atoms with Gasteiger partial charge in [-0.3, -0.25) is 0 Å². The second-order valence-electron chi connectivity index (χ2n) is 5.03. The largest absolute Gasteiger partial charge is 0.240 e. The van der Waals surface area contributed by atoms with E-state index in [4.69, 9.17) is 11.6 Å². The van der Waals surface area contributed by atoms with Gasteiger partial charge >= 0.3 is 0 Å². The van der Waals surface area contributed by atoms with E-state index >= 15 is 0 Å². The molecule has 0 aliphatic carbocycles. The summed E-state index contributed by atoms with van der Waals surface area (Å²) in [4.78, 5) is -0.0344. The summed E-state index contributed by atoms with van der Waals surface area (Å²) in [5, 5.41) is 0. The van der Waals surface area contributed by atoms with Gasteiger partial charge in [-0.2, -0.15) is 0 Å². The molecule has 0 bridgehead atoms. The van der Waals surface area contributed by atoms with Crippen LogP contribution in [0.1, 0.15) is 19.4 Å². The molecule has 6 heteroatoms.